The summed E-state index contributed by atoms with van der Waals surface area (Å²) in [4.78, 5) is 4.24. The molecule has 0 N–H and O–H groups in total. The second-order valence-corrected chi connectivity index (χ2v) is 2.64. The van der Waals surface area contributed by atoms with Gasteiger partial charge in [0.2, 0.25) is 0 Å². The molecule has 2 aromatic rings. The SMILES string of the molecule is Cc1ccnc2ccccc12.Cl.Cl. The number of pyridine rings is 1. The van der Waals surface area contributed by atoms with E-state index in [0.29, 0.717) is 0 Å². The van der Waals surface area contributed by atoms with Crippen molar-refractivity contribution in [3.05, 3.63) is 42.1 Å². The van der Waals surface area contributed by atoms with Gasteiger partial charge in [-0.2, -0.15) is 0 Å². The molecule has 0 fully saturated rings. The van der Waals surface area contributed by atoms with Crippen LogP contribution in [0.5, 0.6) is 0 Å². The highest BCUT2D eigenvalue weighted by Crippen LogP contribution is 2.13. The molecule has 0 spiro atoms. The number of fused-ring (bicyclic) bond motifs is 1. The number of aryl methyl sites for hydroxylation is 1. The van der Waals surface area contributed by atoms with Gasteiger partial charge in [-0.25, -0.2) is 0 Å². The van der Waals surface area contributed by atoms with Crippen molar-refractivity contribution in [1.29, 1.82) is 0 Å². The Morgan fingerprint density at radius 3 is 2.38 bits per heavy atom. The van der Waals surface area contributed by atoms with Gasteiger partial charge in [0.15, 0.2) is 0 Å². The Balaban J connectivity index is 0.000000720. The molecule has 0 saturated carbocycles. The van der Waals surface area contributed by atoms with E-state index in [2.05, 4.69) is 18.0 Å². The lowest BCUT2D eigenvalue weighted by Gasteiger charge is -1.97. The minimum atomic E-state index is 0. The van der Waals surface area contributed by atoms with E-state index in [1.54, 1.807) is 0 Å². The first-order valence-electron chi connectivity index (χ1n) is 3.68. The van der Waals surface area contributed by atoms with Crippen molar-refractivity contribution in [2.24, 2.45) is 0 Å². The first-order valence-corrected chi connectivity index (χ1v) is 3.68. The zero-order chi connectivity index (χ0) is 7.68. The van der Waals surface area contributed by atoms with Crippen LogP contribution in [0.2, 0.25) is 0 Å². The van der Waals surface area contributed by atoms with Gasteiger partial charge in [-0.05, 0) is 24.6 Å². The van der Waals surface area contributed by atoms with Gasteiger partial charge < -0.3 is 0 Å². The zero-order valence-electron chi connectivity index (χ0n) is 7.23. The molecule has 0 bridgehead atoms. The predicted octanol–water partition coefficient (Wildman–Crippen LogP) is 3.39. The average molecular weight is 216 g/mol. The zero-order valence-corrected chi connectivity index (χ0v) is 8.86. The van der Waals surface area contributed by atoms with Crippen LogP contribution in [0.1, 0.15) is 5.56 Å². The Morgan fingerprint density at radius 2 is 1.69 bits per heavy atom. The molecule has 70 valence electrons. The third-order valence-electron chi connectivity index (χ3n) is 1.87. The molecule has 0 radical (unpaired) electrons. The number of benzene rings is 1. The van der Waals surface area contributed by atoms with Gasteiger partial charge in [0.25, 0.3) is 0 Å². The summed E-state index contributed by atoms with van der Waals surface area (Å²) in [6, 6.07) is 10.2. The van der Waals surface area contributed by atoms with Crippen molar-refractivity contribution in [2.45, 2.75) is 6.92 Å². The van der Waals surface area contributed by atoms with Crippen LogP contribution < -0.4 is 0 Å². The molecule has 0 amide bonds. The molecule has 1 nitrogen and oxygen atoms in total. The molecule has 0 aliphatic heterocycles. The van der Waals surface area contributed by atoms with E-state index in [9.17, 15) is 0 Å². The van der Waals surface area contributed by atoms with Crippen molar-refractivity contribution in [1.82, 2.24) is 4.98 Å². The van der Waals surface area contributed by atoms with Gasteiger partial charge in [0.1, 0.15) is 0 Å². The molecule has 0 unspecified atom stereocenters. The quantitative estimate of drug-likeness (QED) is 0.657. The van der Waals surface area contributed by atoms with E-state index in [-0.39, 0.29) is 24.8 Å². The van der Waals surface area contributed by atoms with Crippen LogP contribution >= 0.6 is 24.8 Å². The molecule has 0 saturated heterocycles. The highest BCUT2D eigenvalue weighted by Gasteiger charge is 1.93. The molecule has 2 rings (SSSR count). The third-order valence-corrected chi connectivity index (χ3v) is 1.87. The summed E-state index contributed by atoms with van der Waals surface area (Å²) < 4.78 is 0. The van der Waals surface area contributed by atoms with Gasteiger partial charge >= 0.3 is 0 Å². The number of nitrogens with zero attached hydrogens (tertiary/aromatic N) is 1. The summed E-state index contributed by atoms with van der Waals surface area (Å²) in [6.45, 7) is 2.10. The molecule has 0 aliphatic rings. The molecule has 0 atom stereocenters. The maximum atomic E-state index is 4.24. The van der Waals surface area contributed by atoms with E-state index >= 15 is 0 Å². The van der Waals surface area contributed by atoms with Crippen LogP contribution in [0, 0.1) is 6.92 Å². The number of rotatable bonds is 0. The van der Waals surface area contributed by atoms with Crippen LogP contribution in [0.15, 0.2) is 36.5 Å². The van der Waals surface area contributed by atoms with E-state index in [1.165, 1.54) is 10.9 Å². The first-order chi connectivity index (χ1) is 5.38. The minimum Gasteiger partial charge on any atom is -0.256 e. The van der Waals surface area contributed by atoms with E-state index in [0.717, 1.165) is 5.52 Å². The van der Waals surface area contributed by atoms with Crippen molar-refractivity contribution in [3.63, 3.8) is 0 Å². The number of aromatic nitrogens is 1. The molecule has 0 aliphatic carbocycles. The fourth-order valence-electron chi connectivity index (χ4n) is 1.24. The highest BCUT2D eigenvalue weighted by atomic mass is 35.5. The minimum absolute atomic E-state index is 0. The molecule has 1 aromatic carbocycles. The van der Waals surface area contributed by atoms with Crippen LogP contribution in [0.3, 0.4) is 0 Å². The summed E-state index contributed by atoms with van der Waals surface area (Å²) in [5.74, 6) is 0. The van der Waals surface area contributed by atoms with Crippen molar-refractivity contribution < 1.29 is 0 Å². The second kappa shape index (κ2) is 5.05. The summed E-state index contributed by atoms with van der Waals surface area (Å²) in [5.41, 5.74) is 2.36. The van der Waals surface area contributed by atoms with Crippen molar-refractivity contribution in [3.8, 4) is 0 Å². The van der Waals surface area contributed by atoms with Crippen molar-refractivity contribution >= 4 is 35.7 Å². The summed E-state index contributed by atoms with van der Waals surface area (Å²) >= 11 is 0. The second-order valence-electron chi connectivity index (χ2n) is 2.64. The number of hydrogen-bond donors (Lipinski definition) is 0. The standard InChI is InChI=1S/C10H9N.2ClH/c1-8-6-7-11-10-5-3-2-4-9(8)10;;/h2-7H,1H3;2*1H. The van der Waals surface area contributed by atoms with Gasteiger partial charge in [-0.3, -0.25) is 4.98 Å². The van der Waals surface area contributed by atoms with Crippen molar-refractivity contribution in [2.75, 3.05) is 0 Å². The molecule has 13 heavy (non-hydrogen) atoms. The Labute approximate surface area is 90.0 Å². The van der Waals surface area contributed by atoms with Crippen LogP contribution in [-0.2, 0) is 0 Å². The normalized spacial score (nSPS) is 8.69. The van der Waals surface area contributed by atoms with E-state index < -0.39 is 0 Å². The molecule has 1 aromatic heterocycles. The van der Waals surface area contributed by atoms with Gasteiger partial charge in [-0.1, -0.05) is 18.2 Å². The third kappa shape index (κ3) is 2.33. The maximum absolute atomic E-state index is 4.24. The maximum Gasteiger partial charge on any atom is 0.0704 e. The lowest BCUT2D eigenvalue weighted by atomic mass is 10.1. The van der Waals surface area contributed by atoms with Crippen LogP contribution in [0.25, 0.3) is 10.9 Å². The highest BCUT2D eigenvalue weighted by molar-refractivity contribution is 5.85. The van der Waals surface area contributed by atoms with Gasteiger partial charge in [0.05, 0.1) is 5.52 Å². The fraction of sp³-hybridized carbons (Fsp3) is 0.100. The largest absolute Gasteiger partial charge is 0.256 e. The molecule has 1 heterocycles. The van der Waals surface area contributed by atoms with Gasteiger partial charge in [0, 0.05) is 11.6 Å². The number of halogens is 2. The average Bonchev–Trinajstić information content (AvgIpc) is 2.06. The Morgan fingerprint density at radius 1 is 1.00 bits per heavy atom. The van der Waals surface area contributed by atoms with Gasteiger partial charge in [-0.15, -0.1) is 24.8 Å². The summed E-state index contributed by atoms with van der Waals surface area (Å²) in [6.07, 6.45) is 1.84. The number of hydrogen-bond acceptors (Lipinski definition) is 1. The lowest BCUT2D eigenvalue weighted by Crippen LogP contribution is -1.79. The Kier molecular flexibility index (Phi) is 4.74. The predicted molar refractivity (Wildman–Crippen MR) is 61.0 cm³/mol. The topological polar surface area (TPSA) is 12.9 Å². The Bertz CT molecular complexity index is 382. The summed E-state index contributed by atoms with van der Waals surface area (Å²) in [7, 11) is 0. The molecule has 3 heteroatoms. The van der Waals surface area contributed by atoms with Crippen LogP contribution in [0.4, 0.5) is 0 Å². The molecular weight excluding hydrogens is 205 g/mol. The lowest BCUT2D eigenvalue weighted by molar-refractivity contribution is 1.37. The Hall–Kier alpha value is -0.790. The van der Waals surface area contributed by atoms with E-state index in [1.807, 2.05) is 30.5 Å². The fourth-order valence-corrected chi connectivity index (χ4v) is 1.24. The monoisotopic (exact) mass is 215 g/mol. The molecular formula is C10H11Cl2N. The number of para-hydroxylation sites is 1. The summed E-state index contributed by atoms with van der Waals surface area (Å²) in [5, 5.41) is 1.25. The van der Waals surface area contributed by atoms with E-state index in [4.69, 9.17) is 0 Å². The first kappa shape index (κ1) is 12.2. The smallest absolute Gasteiger partial charge is 0.0704 e. The van der Waals surface area contributed by atoms with Crippen LogP contribution in [-0.4, -0.2) is 4.98 Å².